The van der Waals surface area contributed by atoms with Crippen LogP contribution < -0.4 is 15.8 Å². The van der Waals surface area contributed by atoms with Gasteiger partial charge in [-0.15, -0.1) is 11.3 Å². The van der Waals surface area contributed by atoms with Gasteiger partial charge in [-0.3, -0.25) is 10.2 Å². The molecule has 0 aliphatic rings. The molecule has 1 amide bonds. The fraction of sp³-hybridized carbons (Fsp3) is 0.158. The number of hydrogen-bond acceptors (Lipinski definition) is 7. The number of nitrogen functional groups attached to an aromatic ring is 1. The number of amides is 1. The van der Waals surface area contributed by atoms with Gasteiger partial charge in [-0.1, -0.05) is 0 Å². The highest BCUT2D eigenvalue weighted by Crippen LogP contribution is 2.22. The first kappa shape index (κ1) is 21.8. The minimum Gasteiger partial charge on any atom is -0.480 e. The van der Waals surface area contributed by atoms with E-state index in [2.05, 4.69) is 5.32 Å². The minimum atomic E-state index is -1.39. The molecule has 9 nitrogen and oxygen atoms in total. The van der Waals surface area contributed by atoms with Crippen molar-refractivity contribution >= 4 is 41.1 Å². The van der Waals surface area contributed by atoms with Crippen LogP contribution in [0.1, 0.15) is 27.0 Å². The van der Waals surface area contributed by atoms with Crippen molar-refractivity contribution in [3.05, 3.63) is 57.3 Å². The van der Waals surface area contributed by atoms with Crippen LogP contribution in [-0.4, -0.2) is 46.5 Å². The lowest BCUT2D eigenvalue weighted by molar-refractivity contribution is -0.142. The van der Waals surface area contributed by atoms with Crippen molar-refractivity contribution in [1.29, 1.82) is 5.41 Å². The first-order valence-corrected chi connectivity index (χ1v) is 9.12. The molecule has 0 saturated heterocycles. The monoisotopic (exact) mass is 417 g/mol. The molecule has 1 heterocycles. The molecule has 152 valence electrons. The third kappa shape index (κ3) is 5.99. The van der Waals surface area contributed by atoms with E-state index in [1.54, 1.807) is 24.3 Å². The average Bonchev–Trinajstić information content (AvgIpc) is 3.14. The van der Waals surface area contributed by atoms with E-state index in [1.165, 1.54) is 25.1 Å². The normalized spacial score (nSPS) is 12.1. The molecule has 0 spiro atoms. The SMILES string of the molecule is CC(=Cc1ccc(C(=O)Oc2ccc(C(=N)N)cc2)s1)C(=O)N[C@@H](CO)C(=O)O. The van der Waals surface area contributed by atoms with Crippen LogP contribution >= 0.6 is 11.3 Å². The number of amidine groups is 1. The van der Waals surface area contributed by atoms with Crippen LogP contribution in [0.4, 0.5) is 0 Å². The number of nitrogens with two attached hydrogens (primary N) is 1. The Kier molecular flexibility index (Phi) is 7.23. The number of hydrogen-bond donors (Lipinski definition) is 5. The zero-order valence-corrected chi connectivity index (χ0v) is 16.2. The van der Waals surface area contributed by atoms with Crippen molar-refractivity contribution in [3.63, 3.8) is 0 Å². The number of carboxylic acid groups (broad SMARTS) is 1. The Balaban J connectivity index is 2.04. The summed E-state index contributed by atoms with van der Waals surface area (Å²) >= 11 is 1.09. The number of nitrogens with one attached hydrogen (secondary N) is 2. The van der Waals surface area contributed by atoms with E-state index in [9.17, 15) is 14.4 Å². The summed E-state index contributed by atoms with van der Waals surface area (Å²) in [5.41, 5.74) is 6.09. The number of thiophene rings is 1. The number of aliphatic hydroxyl groups is 1. The molecule has 1 aromatic heterocycles. The summed E-state index contributed by atoms with van der Waals surface area (Å²) in [6, 6.07) is 7.95. The highest BCUT2D eigenvalue weighted by atomic mass is 32.1. The first-order valence-electron chi connectivity index (χ1n) is 8.30. The second kappa shape index (κ2) is 9.62. The van der Waals surface area contributed by atoms with Crippen LogP contribution in [-0.2, 0) is 9.59 Å². The summed E-state index contributed by atoms with van der Waals surface area (Å²) in [5.74, 6) is -2.37. The number of ether oxygens (including phenoxy) is 1. The topological polar surface area (TPSA) is 163 Å². The molecule has 0 unspecified atom stereocenters. The third-order valence-electron chi connectivity index (χ3n) is 3.71. The van der Waals surface area contributed by atoms with E-state index < -0.39 is 30.5 Å². The lowest BCUT2D eigenvalue weighted by Crippen LogP contribution is -2.43. The van der Waals surface area contributed by atoms with E-state index >= 15 is 0 Å². The van der Waals surface area contributed by atoms with Crippen LogP contribution in [0.2, 0.25) is 0 Å². The lowest BCUT2D eigenvalue weighted by Gasteiger charge is -2.11. The van der Waals surface area contributed by atoms with Gasteiger partial charge in [-0.25, -0.2) is 9.59 Å². The Morgan fingerprint density at radius 3 is 2.45 bits per heavy atom. The summed E-state index contributed by atoms with van der Waals surface area (Å²) in [4.78, 5) is 36.0. The highest BCUT2D eigenvalue weighted by molar-refractivity contribution is 7.14. The molecule has 0 bridgehead atoms. The second-order valence-electron chi connectivity index (χ2n) is 5.90. The number of carbonyl (C=O) groups is 3. The maximum absolute atomic E-state index is 12.3. The first-order chi connectivity index (χ1) is 13.7. The molecule has 10 heteroatoms. The summed E-state index contributed by atoms with van der Waals surface area (Å²) in [6.45, 7) is 0.761. The Morgan fingerprint density at radius 1 is 1.24 bits per heavy atom. The van der Waals surface area contributed by atoms with Crippen molar-refractivity contribution in [2.45, 2.75) is 13.0 Å². The van der Waals surface area contributed by atoms with E-state index in [1.807, 2.05) is 0 Å². The van der Waals surface area contributed by atoms with Crippen molar-refractivity contribution in [2.24, 2.45) is 5.73 Å². The van der Waals surface area contributed by atoms with Gasteiger partial charge in [0, 0.05) is 16.0 Å². The van der Waals surface area contributed by atoms with Gasteiger partial charge in [0.2, 0.25) is 5.91 Å². The molecule has 1 atom stereocenters. The predicted octanol–water partition coefficient (Wildman–Crippen LogP) is 1.22. The van der Waals surface area contributed by atoms with Gasteiger partial charge in [0.15, 0.2) is 6.04 Å². The zero-order valence-electron chi connectivity index (χ0n) is 15.3. The zero-order chi connectivity index (χ0) is 21.6. The molecule has 0 aliphatic heterocycles. The average molecular weight is 417 g/mol. The highest BCUT2D eigenvalue weighted by Gasteiger charge is 2.19. The molecule has 0 aliphatic carbocycles. The van der Waals surface area contributed by atoms with Crippen LogP contribution in [0.5, 0.6) is 5.75 Å². The van der Waals surface area contributed by atoms with Gasteiger partial charge >= 0.3 is 11.9 Å². The summed E-state index contributed by atoms with van der Waals surface area (Å²) in [7, 11) is 0. The van der Waals surface area contributed by atoms with Crippen molar-refractivity contribution in [1.82, 2.24) is 5.32 Å². The van der Waals surface area contributed by atoms with Gasteiger partial charge in [0.25, 0.3) is 0 Å². The van der Waals surface area contributed by atoms with Crippen molar-refractivity contribution in [3.8, 4) is 5.75 Å². The number of aliphatic hydroxyl groups excluding tert-OH is 1. The van der Waals surface area contributed by atoms with Gasteiger partial charge < -0.3 is 26.0 Å². The van der Waals surface area contributed by atoms with E-state index in [0.717, 1.165) is 11.3 Å². The maximum atomic E-state index is 12.3. The Bertz CT molecular complexity index is 965. The smallest absolute Gasteiger partial charge is 0.353 e. The Labute approximate surface area is 169 Å². The van der Waals surface area contributed by atoms with E-state index in [-0.39, 0.29) is 11.4 Å². The van der Waals surface area contributed by atoms with Gasteiger partial charge in [0.1, 0.15) is 16.5 Å². The molecular weight excluding hydrogens is 398 g/mol. The van der Waals surface area contributed by atoms with Crippen LogP contribution in [0.25, 0.3) is 6.08 Å². The number of rotatable bonds is 8. The third-order valence-corrected chi connectivity index (χ3v) is 4.72. The summed E-state index contributed by atoms with van der Waals surface area (Å²) < 4.78 is 5.26. The molecule has 6 N–H and O–H groups in total. The maximum Gasteiger partial charge on any atom is 0.353 e. The Morgan fingerprint density at radius 2 is 1.90 bits per heavy atom. The van der Waals surface area contributed by atoms with E-state index in [4.69, 9.17) is 26.1 Å². The molecule has 2 aromatic rings. The quantitative estimate of drug-likeness (QED) is 0.142. The standard InChI is InChI=1S/C19H19N3O6S/c1-10(17(24)22-14(9-23)18(25)26)8-13-6-7-15(29-13)19(27)28-12-4-2-11(3-5-12)16(20)21/h2-8,14,23H,9H2,1H3,(H3,20,21)(H,22,24)(H,25,26)/t14-/m0/s1. The summed E-state index contributed by atoms with van der Waals surface area (Å²) in [6.07, 6.45) is 1.49. The lowest BCUT2D eigenvalue weighted by atomic mass is 10.2. The summed E-state index contributed by atoms with van der Waals surface area (Å²) in [5, 5.41) is 27.4. The molecular formula is C19H19N3O6S. The van der Waals surface area contributed by atoms with Crippen LogP contribution in [0, 0.1) is 5.41 Å². The minimum absolute atomic E-state index is 0.0920. The number of carboxylic acids is 1. The largest absolute Gasteiger partial charge is 0.480 e. The van der Waals surface area contributed by atoms with Gasteiger partial charge in [-0.05, 0) is 49.4 Å². The van der Waals surface area contributed by atoms with Gasteiger partial charge in [0.05, 0.1) is 6.61 Å². The molecule has 0 radical (unpaired) electrons. The number of esters is 1. The molecule has 2 rings (SSSR count). The van der Waals surface area contributed by atoms with Crippen LogP contribution in [0.15, 0.2) is 42.0 Å². The van der Waals surface area contributed by atoms with E-state index in [0.29, 0.717) is 21.1 Å². The van der Waals surface area contributed by atoms with Crippen molar-refractivity contribution in [2.75, 3.05) is 6.61 Å². The fourth-order valence-corrected chi connectivity index (χ4v) is 3.02. The molecule has 29 heavy (non-hydrogen) atoms. The Hall–Kier alpha value is -3.50. The molecule has 0 fully saturated rings. The van der Waals surface area contributed by atoms with Gasteiger partial charge in [-0.2, -0.15) is 0 Å². The predicted molar refractivity (Wildman–Crippen MR) is 107 cm³/mol. The second-order valence-corrected chi connectivity index (χ2v) is 7.02. The fourth-order valence-electron chi connectivity index (χ4n) is 2.14. The van der Waals surface area contributed by atoms with Crippen LogP contribution in [0.3, 0.4) is 0 Å². The van der Waals surface area contributed by atoms with Crippen molar-refractivity contribution < 1.29 is 29.3 Å². The molecule has 0 saturated carbocycles. The number of carbonyl (C=O) groups excluding carboxylic acids is 2. The number of benzene rings is 1. The molecule has 1 aromatic carbocycles. The number of aliphatic carboxylic acids is 1.